The molecular formula is C15H18N2O3. The van der Waals surface area contributed by atoms with Gasteiger partial charge < -0.3 is 9.84 Å². The summed E-state index contributed by atoms with van der Waals surface area (Å²) in [4.78, 5) is 16.9. The smallest absolute Gasteiger partial charge is 0.261 e. The number of nitrogens with zero attached hydrogens (tertiary/aromatic N) is 2. The summed E-state index contributed by atoms with van der Waals surface area (Å²) < 4.78 is 6.73. The Hall–Kier alpha value is -1.88. The van der Waals surface area contributed by atoms with Gasteiger partial charge >= 0.3 is 0 Å². The van der Waals surface area contributed by atoms with Crippen molar-refractivity contribution < 1.29 is 9.84 Å². The molecule has 1 saturated carbocycles. The molecule has 0 radical (unpaired) electrons. The van der Waals surface area contributed by atoms with E-state index in [-0.39, 0.29) is 11.6 Å². The van der Waals surface area contributed by atoms with Gasteiger partial charge in [0.1, 0.15) is 5.75 Å². The maximum Gasteiger partial charge on any atom is 0.261 e. The van der Waals surface area contributed by atoms with Crippen LogP contribution in [-0.4, -0.2) is 27.9 Å². The molecule has 1 aliphatic carbocycles. The van der Waals surface area contributed by atoms with Gasteiger partial charge in [-0.1, -0.05) is 12.8 Å². The normalized spacial score (nSPS) is 22.9. The van der Waals surface area contributed by atoms with Crippen LogP contribution in [0.15, 0.2) is 29.3 Å². The van der Waals surface area contributed by atoms with Crippen LogP contribution in [0.5, 0.6) is 5.75 Å². The van der Waals surface area contributed by atoms with E-state index >= 15 is 0 Å². The molecule has 1 N–H and O–H groups in total. The van der Waals surface area contributed by atoms with Crippen LogP contribution < -0.4 is 10.3 Å². The standard InChI is InChI=1S/C15H18N2O3/c1-20-10-6-7-12-11(8-10)15(19)17(9-16-12)13-4-2-3-5-14(13)18/h6-9,13-14,18H,2-5H2,1H3/t13-,14-/m1/s1. The fourth-order valence-corrected chi connectivity index (χ4v) is 2.89. The van der Waals surface area contributed by atoms with E-state index in [1.165, 1.54) is 0 Å². The van der Waals surface area contributed by atoms with Crippen molar-refractivity contribution in [3.63, 3.8) is 0 Å². The average molecular weight is 274 g/mol. The van der Waals surface area contributed by atoms with Crippen LogP contribution in [0.2, 0.25) is 0 Å². The fourth-order valence-electron chi connectivity index (χ4n) is 2.89. The largest absolute Gasteiger partial charge is 0.497 e. The second-order valence-corrected chi connectivity index (χ2v) is 5.26. The molecule has 1 fully saturated rings. The molecule has 20 heavy (non-hydrogen) atoms. The van der Waals surface area contributed by atoms with Crippen LogP contribution in [0.25, 0.3) is 10.9 Å². The van der Waals surface area contributed by atoms with Gasteiger partial charge in [0.2, 0.25) is 0 Å². The molecule has 1 aromatic heterocycles. The highest BCUT2D eigenvalue weighted by Gasteiger charge is 2.25. The molecule has 0 saturated heterocycles. The van der Waals surface area contributed by atoms with Gasteiger partial charge in [0, 0.05) is 0 Å². The van der Waals surface area contributed by atoms with Gasteiger partial charge in [0.25, 0.3) is 5.56 Å². The van der Waals surface area contributed by atoms with E-state index in [1.807, 2.05) is 0 Å². The maximum absolute atomic E-state index is 12.6. The molecule has 5 heteroatoms. The van der Waals surface area contributed by atoms with E-state index in [0.29, 0.717) is 16.7 Å². The monoisotopic (exact) mass is 274 g/mol. The summed E-state index contributed by atoms with van der Waals surface area (Å²) in [5, 5.41) is 10.6. The summed E-state index contributed by atoms with van der Waals surface area (Å²) in [7, 11) is 1.57. The van der Waals surface area contributed by atoms with Crippen molar-refractivity contribution in [1.82, 2.24) is 9.55 Å². The first-order valence-corrected chi connectivity index (χ1v) is 6.93. The Morgan fingerprint density at radius 3 is 2.90 bits per heavy atom. The van der Waals surface area contributed by atoms with Gasteiger partial charge in [-0.25, -0.2) is 4.98 Å². The Morgan fingerprint density at radius 2 is 2.15 bits per heavy atom. The van der Waals surface area contributed by atoms with Crippen molar-refractivity contribution in [2.24, 2.45) is 0 Å². The highest BCUT2D eigenvalue weighted by molar-refractivity contribution is 5.78. The summed E-state index contributed by atoms with van der Waals surface area (Å²) in [5.74, 6) is 0.637. The lowest BCUT2D eigenvalue weighted by molar-refractivity contribution is 0.0735. The van der Waals surface area contributed by atoms with E-state index in [4.69, 9.17) is 4.74 Å². The van der Waals surface area contributed by atoms with Crippen molar-refractivity contribution in [1.29, 1.82) is 0 Å². The maximum atomic E-state index is 12.6. The topological polar surface area (TPSA) is 64.3 Å². The molecule has 3 rings (SSSR count). The Kier molecular flexibility index (Phi) is 3.44. The molecule has 2 aromatic rings. The minimum absolute atomic E-state index is 0.111. The zero-order valence-corrected chi connectivity index (χ0v) is 11.5. The van der Waals surface area contributed by atoms with Crippen LogP contribution >= 0.6 is 0 Å². The zero-order chi connectivity index (χ0) is 14.1. The van der Waals surface area contributed by atoms with Crippen LogP contribution in [0, 0.1) is 0 Å². The molecule has 1 aliphatic rings. The van der Waals surface area contributed by atoms with Crippen molar-refractivity contribution in [3.05, 3.63) is 34.9 Å². The second kappa shape index (κ2) is 5.25. The van der Waals surface area contributed by atoms with Gasteiger partial charge in [-0.15, -0.1) is 0 Å². The van der Waals surface area contributed by atoms with Crippen LogP contribution in [0.3, 0.4) is 0 Å². The van der Waals surface area contributed by atoms with Crippen molar-refractivity contribution in [2.45, 2.75) is 37.8 Å². The SMILES string of the molecule is COc1ccc2ncn([C@@H]3CCCC[C@H]3O)c(=O)c2c1. The Bertz CT molecular complexity index is 680. The number of rotatable bonds is 2. The minimum atomic E-state index is -0.466. The first-order valence-electron chi connectivity index (χ1n) is 6.93. The molecule has 1 heterocycles. The van der Waals surface area contributed by atoms with Gasteiger partial charge in [-0.2, -0.15) is 0 Å². The molecule has 0 unspecified atom stereocenters. The van der Waals surface area contributed by atoms with Crippen molar-refractivity contribution in [3.8, 4) is 5.75 Å². The number of aromatic nitrogens is 2. The number of methoxy groups -OCH3 is 1. The summed E-state index contributed by atoms with van der Waals surface area (Å²) in [6.07, 6.45) is 4.69. The van der Waals surface area contributed by atoms with Gasteiger partial charge in [-0.3, -0.25) is 9.36 Å². The first kappa shape index (κ1) is 13.1. The summed E-state index contributed by atoms with van der Waals surface area (Å²) in [5.41, 5.74) is 0.539. The predicted molar refractivity (Wildman–Crippen MR) is 76.1 cm³/mol. The van der Waals surface area contributed by atoms with Gasteiger partial charge in [-0.05, 0) is 31.0 Å². The third-order valence-electron chi connectivity index (χ3n) is 4.04. The van der Waals surface area contributed by atoms with Crippen molar-refractivity contribution in [2.75, 3.05) is 7.11 Å². The summed E-state index contributed by atoms with van der Waals surface area (Å²) >= 11 is 0. The van der Waals surface area contributed by atoms with Gasteiger partial charge in [0.05, 0.1) is 36.5 Å². The van der Waals surface area contributed by atoms with Crippen molar-refractivity contribution >= 4 is 10.9 Å². The van der Waals surface area contributed by atoms with Crippen LogP contribution in [-0.2, 0) is 0 Å². The van der Waals surface area contributed by atoms with Crippen LogP contribution in [0.1, 0.15) is 31.7 Å². The number of aliphatic hydroxyl groups is 1. The molecule has 2 atom stereocenters. The predicted octanol–water partition coefficient (Wildman–Crippen LogP) is 1.88. The Labute approximate surface area is 116 Å². The summed E-state index contributed by atoms with van der Waals surface area (Å²) in [6, 6.07) is 5.10. The Balaban J connectivity index is 2.12. The number of fused-ring (bicyclic) bond motifs is 1. The lowest BCUT2D eigenvalue weighted by Gasteiger charge is -2.29. The Morgan fingerprint density at radius 1 is 1.35 bits per heavy atom. The van der Waals surface area contributed by atoms with Gasteiger partial charge in [0.15, 0.2) is 0 Å². The molecule has 1 aromatic carbocycles. The lowest BCUT2D eigenvalue weighted by atomic mass is 9.92. The number of benzene rings is 1. The van der Waals surface area contributed by atoms with E-state index in [0.717, 1.165) is 25.7 Å². The molecule has 106 valence electrons. The highest BCUT2D eigenvalue weighted by atomic mass is 16.5. The molecular weight excluding hydrogens is 256 g/mol. The second-order valence-electron chi connectivity index (χ2n) is 5.26. The molecule has 0 bridgehead atoms. The number of hydrogen-bond acceptors (Lipinski definition) is 4. The first-order chi connectivity index (χ1) is 9.70. The number of ether oxygens (including phenoxy) is 1. The third kappa shape index (κ3) is 2.18. The zero-order valence-electron chi connectivity index (χ0n) is 11.5. The van der Waals surface area contributed by atoms with Crippen LogP contribution in [0.4, 0.5) is 0 Å². The van der Waals surface area contributed by atoms with E-state index in [1.54, 1.807) is 36.2 Å². The molecule has 0 amide bonds. The van der Waals surface area contributed by atoms with E-state index < -0.39 is 6.10 Å². The lowest BCUT2D eigenvalue weighted by Crippen LogP contribution is -2.34. The third-order valence-corrected chi connectivity index (χ3v) is 4.04. The number of aliphatic hydroxyl groups excluding tert-OH is 1. The average Bonchev–Trinajstić information content (AvgIpc) is 2.48. The number of hydrogen-bond donors (Lipinski definition) is 1. The molecule has 0 spiro atoms. The quantitative estimate of drug-likeness (QED) is 0.908. The minimum Gasteiger partial charge on any atom is -0.497 e. The van der Waals surface area contributed by atoms with E-state index in [2.05, 4.69) is 4.98 Å². The molecule has 5 nitrogen and oxygen atoms in total. The summed E-state index contributed by atoms with van der Waals surface area (Å²) in [6.45, 7) is 0. The fraction of sp³-hybridized carbons (Fsp3) is 0.467. The van der Waals surface area contributed by atoms with E-state index in [9.17, 15) is 9.90 Å². The highest BCUT2D eigenvalue weighted by Crippen LogP contribution is 2.28. The molecule has 0 aliphatic heterocycles.